The van der Waals surface area contributed by atoms with Crippen molar-refractivity contribution in [1.82, 2.24) is 29.3 Å². The number of anilines is 2. The molecule has 9 heteroatoms. The quantitative estimate of drug-likeness (QED) is 0.484. The van der Waals surface area contributed by atoms with Gasteiger partial charge in [-0.05, 0) is 52.0 Å². The maximum atomic E-state index is 12.0. The lowest BCUT2D eigenvalue weighted by molar-refractivity contribution is -0.130. The summed E-state index contributed by atoms with van der Waals surface area (Å²) in [6.07, 6.45) is 3.30. The summed E-state index contributed by atoms with van der Waals surface area (Å²) in [6.45, 7) is 11.6. The third-order valence-corrected chi connectivity index (χ3v) is 6.82. The molecule has 1 saturated heterocycles. The summed E-state index contributed by atoms with van der Waals surface area (Å²) in [6, 6.07) is 13.2. The molecule has 1 aliphatic rings. The van der Waals surface area contributed by atoms with Crippen molar-refractivity contribution in [2.45, 2.75) is 52.7 Å². The van der Waals surface area contributed by atoms with Gasteiger partial charge in [-0.1, -0.05) is 12.1 Å². The van der Waals surface area contributed by atoms with E-state index in [1.165, 1.54) is 6.33 Å². The van der Waals surface area contributed by atoms with Crippen LogP contribution < -0.4 is 10.6 Å². The van der Waals surface area contributed by atoms with Crippen molar-refractivity contribution >= 4 is 22.9 Å². The lowest BCUT2D eigenvalue weighted by Gasteiger charge is -2.45. The van der Waals surface area contributed by atoms with Crippen molar-refractivity contribution in [2.24, 2.45) is 0 Å². The Bertz CT molecular complexity index is 1380. The molecule has 0 radical (unpaired) electrons. The Hall–Kier alpha value is -3.88. The van der Waals surface area contributed by atoms with E-state index in [4.69, 9.17) is 5.73 Å². The minimum absolute atomic E-state index is 0.127. The molecule has 2 N–H and O–H groups in total. The van der Waals surface area contributed by atoms with E-state index in [9.17, 15) is 4.79 Å². The van der Waals surface area contributed by atoms with Gasteiger partial charge in [0.05, 0.1) is 11.4 Å². The van der Waals surface area contributed by atoms with E-state index in [2.05, 4.69) is 78.1 Å². The van der Waals surface area contributed by atoms with E-state index in [0.717, 1.165) is 33.7 Å². The van der Waals surface area contributed by atoms with Crippen molar-refractivity contribution in [2.75, 3.05) is 23.7 Å². The highest BCUT2D eigenvalue weighted by Gasteiger charge is 2.31. The number of rotatable bonds is 4. The summed E-state index contributed by atoms with van der Waals surface area (Å²) in [5.41, 5.74) is 12.1. The fraction of sp³-hybridized carbons (Fsp3) is 0.385. The predicted molar refractivity (Wildman–Crippen MR) is 138 cm³/mol. The van der Waals surface area contributed by atoms with E-state index >= 15 is 0 Å². The smallest absolute Gasteiger partial charge is 0.219 e. The highest BCUT2D eigenvalue weighted by molar-refractivity contribution is 5.91. The number of carbonyl (C=O) groups is 1. The van der Waals surface area contributed by atoms with Gasteiger partial charge in [0, 0.05) is 61.1 Å². The zero-order valence-corrected chi connectivity index (χ0v) is 20.9. The standard InChI is InChI=1S/C26H32N8O/c1-16(2)33-23(9-10-29-33)22-12-24(34-25(22)26(27)28-15-30-34)20-7-6-8-21(11-20)32-17(3)13-31(19(5)35)14-18(32)4/h6-12,15-18H,13-14H2,1-5H3,(H2,27,28,30)/t17-,18+. The third kappa shape index (κ3) is 3.90. The van der Waals surface area contributed by atoms with Crippen molar-refractivity contribution in [3.8, 4) is 22.5 Å². The summed E-state index contributed by atoms with van der Waals surface area (Å²) in [5.74, 6) is 0.554. The molecule has 182 valence electrons. The second-order valence-electron chi connectivity index (χ2n) is 9.68. The van der Waals surface area contributed by atoms with Crippen LogP contribution in [0.2, 0.25) is 0 Å². The predicted octanol–water partition coefficient (Wildman–Crippen LogP) is 3.87. The number of piperazine rings is 1. The van der Waals surface area contributed by atoms with Crippen LogP contribution in [-0.4, -0.2) is 60.4 Å². The zero-order chi connectivity index (χ0) is 24.9. The fourth-order valence-electron chi connectivity index (χ4n) is 5.32. The summed E-state index contributed by atoms with van der Waals surface area (Å²) in [5, 5.41) is 9.08. The molecule has 2 atom stereocenters. The number of benzene rings is 1. The van der Waals surface area contributed by atoms with Gasteiger partial charge in [-0.2, -0.15) is 10.2 Å². The first-order valence-corrected chi connectivity index (χ1v) is 12.1. The van der Waals surface area contributed by atoms with Crippen LogP contribution >= 0.6 is 0 Å². The van der Waals surface area contributed by atoms with Crippen molar-refractivity contribution in [3.05, 3.63) is 48.9 Å². The second kappa shape index (κ2) is 8.72. The van der Waals surface area contributed by atoms with Crippen molar-refractivity contribution in [3.63, 3.8) is 0 Å². The number of carbonyl (C=O) groups excluding carboxylic acids is 1. The van der Waals surface area contributed by atoms with Crippen LogP contribution in [0.5, 0.6) is 0 Å². The molecule has 1 aliphatic heterocycles. The monoisotopic (exact) mass is 472 g/mol. The molecular formula is C26H32N8O. The number of nitrogens with zero attached hydrogens (tertiary/aromatic N) is 7. The number of hydrogen-bond donors (Lipinski definition) is 1. The molecule has 0 spiro atoms. The molecule has 4 aromatic rings. The number of aromatic nitrogens is 5. The number of amides is 1. The van der Waals surface area contributed by atoms with Gasteiger partial charge in [-0.15, -0.1) is 0 Å². The topological polar surface area (TPSA) is 97.6 Å². The molecule has 1 amide bonds. The maximum Gasteiger partial charge on any atom is 0.219 e. The van der Waals surface area contributed by atoms with E-state index in [-0.39, 0.29) is 24.0 Å². The Morgan fingerprint density at radius 2 is 1.80 bits per heavy atom. The summed E-state index contributed by atoms with van der Waals surface area (Å²) < 4.78 is 3.86. The van der Waals surface area contributed by atoms with Gasteiger partial charge in [-0.25, -0.2) is 9.50 Å². The Morgan fingerprint density at radius 1 is 1.06 bits per heavy atom. The Labute approximate surface area is 205 Å². The average molecular weight is 473 g/mol. The first-order valence-electron chi connectivity index (χ1n) is 12.1. The van der Waals surface area contributed by atoms with Crippen LogP contribution in [0.1, 0.15) is 40.7 Å². The molecule has 0 bridgehead atoms. The van der Waals surface area contributed by atoms with E-state index in [1.54, 1.807) is 6.92 Å². The van der Waals surface area contributed by atoms with Gasteiger partial charge in [0.25, 0.3) is 0 Å². The van der Waals surface area contributed by atoms with Gasteiger partial charge in [0.2, 0.25) is 5.91 Å². The maximum absolute atomic E-state index is 12.0. The summed E-state index contributed by atoms with van der Waals surface area (Å²) in [7, 11) is 0. The highest BCUT2D eigenvalue weighted by atomic mass is 16.2. The number of nitrogen functional groups attached to an aromatic ring is 1. The molecule has 35 heavy (non-hydrogen) atoms. The number of fused-ring (bicyclic) bond motifs is 1. The van der Waals surface area contributed by atoms with Crippen molar-refractivity contribution in [1.29, 1.82) is 0 Å². The van der Waals surface area contributed by atoms with Crippen LogP contribution in [0.15, 0.2) is 48.9 Å². The number of nitrogens with two attached hydrogens (primary N) is 1. The van der Waals surface area contributed by atoms with Crippen LogP contribution in [0.3, 0.4) is 0 Å². The van der Waals surface area contributed by atoms with Crippen LogP contribution in [-0.2, 0) is 4.79 Å². The Balaban J connectivity index is 1.61. The van der Waals surface area contributed by atoms with Gasteiger partial charge >= 0.3 is 0 Å². The molecule has 9 nitrogen and oxygen atoms in total. The minimum Gasteiger partial charge on any atom is -0.382 e. The Kier molecular flexibility index (Phi) is 5.70. The van der Waals surface area contributed by atoms with Crippen molar-refractivity contribution < 1.29 is 4.79 Å². The van der Waals surface area contributed by atoms with Crippen LogP contribution in [0, 0.1) is 0 Å². The highest BCUT2D eigenvalue weighted by Crippen LogP contribution is 2.37. The van der Waals surface area contributed by atoms with Gasteiger partial charge in [-0.3, -0.25) is 9.48 Å². The molecule has 0 unspecified atom stereocenters. The van der Waals surface area contributed by atoms with Gasteiger partial charge < -0.3 is 15.5 Å². The lowest BCUT2D eigenvalue weighted by atomic mass is 10.0. The third-order valence-electron chi connectivity index (χ3n) is 6.82. The SMILES string of the molecule is CC(=O)N1C[C@@H](C)N(c2cccc(-c3cc(-c4ccnn4C(C)C)c4c(N)ncnn34)c2)[C@@H](C)C1. The molecule has 4 heterocycles. The van der Waals surface area contributed by atoms with E-state index in [0.29, 0.717) is 18.9 Å². The largest absolute Gasteiger partial charge is 0.382 e. The summed E-state index contributed by atoms with van der Waals surface area (Å²) >= 11 is 0. The molecule has 3 aromatic heterocycles. The van der Waals surface area contributed by atoms with E-state index < -0.39 is 0 Å². The van der Waals surface area contributed by atoms with E-state index in [1.807, 2.05) is 26.4 Å². The first kappa shape index (κ1) is 22.9. The second-order valence-corrected chi connectivity index (χ2v) is 9.68. The Morgan fingerprint density at radius 3 is 2.49 bits per heavy atom. The molecular weight excluding hydrogens is 440 g/mol. The molecule has 0 saturated carbocycles. The zero-order valence-electron chi connectivity index (χ0n) is 20.9. The summed E-state index contributed by atoms with van der Waals surface area (Å²) in [4.78, 5) is 20.6. The first-order chi connectivity index (χ1) is 16.8. The molecule has 0 aliphatic carbocycles. The number of hydrogen-bond acceptors (Lipinski definition) is 6. The normalized spacial score (nSPS) is 18.6. The van der Waals surface area contributed by atoms with Crippen LogP contribution in [0.4, 0.5) is 11.5 Å². The van der Waals surface area contributed by atoms with Gasteiger partial charge in [0.15, 0.2) is 5.82 Å². The molecule has 5 rings (SSSR count). The average Bonchev–Trinajstić information content (AvgIpc) is 3.44. The fourth-order valence-corrected chi connectivity index (χ4v) is 5.32. The van der Waals surface area contributed by atoms with Crippen LogP contribution in [0.25, 0.3) is 28.0 Å². The molecule has 1 aromatic carbocycles. The molecule has 1 fully saturated rings. The minimum atomic E-state index is 0.127. The lowest BCUT2D eigenvalue weighted by Crippen LogP contribution is -2.58. The van der Waals surface area contributed by atoms with Gasteiger partial charge in [0.1, 0.15) is 11.8 Å².